The van der Waals surface area contributed by atoms with Crippen molar-refractivity contribution < 1.29 is 18.7 Å². The minimum atomic E-state index is -0.608. The van der Waals surface area contributed by atoms with Gasteiger partial charge in [0.15, 0.2) is 5.78 Å². The molecule has 1 saturated carbocycles. The molecule has 4 heteroatoms. The van der Waals surface area contributed by atoms with E-state index in [1.807, 2.05) is 0 Å². The summed E-state index contributed by atoms with van der Waals surface area (Å²) < 4.78 is 17.7. The fourth-order valence-corrected chi connectivity index (χ4v) is 1.73. The van der Waals surface area contributed by atoms with Gasteiger partial charge in [0.1, 0.15) is 11.4 Å². The molecule has 1 aromatic rings. The number of rotatable bonds is 5. The second-order valence-corrected chi connectivity index (χ2v) is 4.47. The number of carbonyl (C=O) groups is 2. The maximum atomic E-state index is 12.8. The van der Waals surface area contributed by atoms with Crippen LogP contribution in [-0.2, 0) is 14.3 Å². The average molecular weight is 262 g/mol. The lowest BCUT2D eigenvalue weighted by Crippen LogP contribution is -2.17. The molecule has 19 heavy (non-hydrogen) atoms. The van der Waals surface area contributed by atoms with Crippen LogP contribution >= 0.6 is 0 Å². The van der Waals surface area contributed by atoms with Gasteiger partial charge in [-0.1, -0.05) is 12.1 Å². The van der Waals surface area contributed by atoms with Crippen LogP contribution in [0.15, 0.2) is 29.8 Å². The molecular weight excluding hydrogens is 247 g/mol. The average Bonchev–Trinajstić information content (AvgIpc) is 3.22. The molecule has 1 aliphatic carbocycles. The van der Waals surface area contributed by atoms with Gasteiger partial charge < -0.3 is 4.74 Å². The summed E-state index contributed by atoms with van der Waals surface area (Å²) in [7, 11) is 0. The Labute approximate surface area is 111 Å². The molecule has 1 aromatic carbocycles. The minimum absolute atomic E-state index is 0.0518. The topological polar surface area (TPSA) is 43.4 Å². The number of benzene rings is 1. The third kappa shape index (κ3) is 3.50. The Morgan fingerprint density at radius 1 is 1.32 bits per heavy atom. The van der Waals surface area contributed by atoms with Crippen molar-refractivity contribution in [3.8, 4) is 0 Å². The second-order valence-electron chi connectivity index (χ2n) is 4.47. The van der Waals surface area contributed by atoms with Gasteiger partial charge >= 0.3 is 5.97 Å². The molecular formula is C15H15FO3. The Morgan fingerprint density at radius 2 is 1.95 bits per heavy atom. The van der Waals surface area contributed by atoms with Crippen LogP contribution in [0, 0.1) is 11.7 Å². The number of ketones is 1. The lowest BCUT2D eigenvalue weighted by molar-refractivity contribution is -0.140. The molecule has 0 N–H and O–H groups in total. The highest BCUT2D eigenvalue weighted by Crippen LogP contribution is 2.33. The van der Waals surface area contributed by atoms with Gasteiger partial charge in [-0.15, -0.1) is 0 Å². The van der Waals surface area contributed by atoms with Crippen LogP contribution in [0.25, 0.3) is 6.08 Å². The Bertz CT molecular complexity index is 513. The molecule has 3 nitrogen and oxygen atoms in total. The molecule has 1 fully saturated rings. The van der Waals surface area contributed by atoms with Crippen molar-refractivity contribution in [2.24, 2.45) is 5.92 Å². The summed E-state index contributed by atoms with van der Waals surface area (Å²) in [5.74, 6) is -1.20. The zero-order valence-electron chi connectivity index (χ0n) is 10.7. The molecule has 2 rings (SSSR count). The maximum absolute atomic E-state index is 12.8. The van der Waals surface area contributed by atoms with Crippen molar-refractivity contribution in [1.29, 1.82) is 0 Å². The van der Waals surface area contributed by atoms with Crippen LogP contribution in [0.1, 0.15) is 25.3 Å². The molecule has 1 aliphatic rings. The summed E-state index contributed by atoms with van der Waals surface area (Å²) in [4.78, 5) is 23.9. The molecule has 0 heterocycles. The highest BCUT2D eigenvalue weighted by atomic mass is 19.1. The van der Waals surface area contributed by atoms with Crippen LogP contribution in [0.5, 0.6) is 0 Å². The van der Waals surface area contributed by atoms with E-state index in [4.69, 9.17) is 4.74 Å². The van der Waals surface area contributed by atoms with Crippen LogP contribution < -0.4 is 0 Å². The number of ether oxygens (including phenoxy) is 1. The highest BCUT2D eigenvalue weighted by Gasteiger charge is 2.34. The Hall–Kier alpha value is -1.97. The van der Waals surface area contributed by atoms with Gasteiger partial charge in [-0.3, -0.25) is 4.79 Å². The van der Waals surface area contributed by atoms with E-state index in [-0.39, 0.29) is 29.7 Å². The Morgan fingerprint density at radius 3 is 2.47 bits per heavy atom. The van der Waals surface area contributed by atoms with Gasteiger partial charge in [0.05, 0.1) is 6.61 Å². The lowest BCUT2D eigenvalue weighted by atomic mass is 10.0. The third-order valence-electron chi connectivity index (χ3n) is 2.89. The molecule has 0 saturated heterocycles. The summed E-state index contributed by atoms with van der Waals surface area (Å²) in [5.41, 5.74) is 0.661. The number of halogens is 1. The predicted molar refractivity (Wildman–Crippen MR) is 68.7 cm³/mol. The van der Waals surface area contributed by atoms with Crippen LogP contribution in [0.4, 0.5) is 4.39 Å². The highest BCUT2D eigenvalue weighted by molar-refractivity contribution is 6.21. The third-order valence-corrected chi connectivity index (χ3v) is 2.89. The first-order chi connectivity index (χ1) is 9.11. The summed E-state index contributed by atoms with van der Waals surface area (Å²) >= 11 is 0. The first-order valence-electron chi connectivity index (χ1n) is 6.30. The van der Waals surface area contributed by atoms with E-state index >= 15 is 0 Å². The summed E-state index contributed by atoms with van der Waals surface area (Å²) in [5, 5.41) is 0. The Balaban J connectivity index is 2.27. The predicted octanol–water partition coefficient (Wildman–Crippen LogP) is 2.75. The van der Waals surface area contributed by atoms with Crippen LogP contribution in [-0.4, -0.2) is 18.4 Å². The lowest BCUT2D eigenvalue weighted by Gasteiger charge is -2.05. The van der Waals surface area contributed by atoms with Gasteiger partial charge in [0.25, 0.3) is 0 Å². The second kappa shape index (κ2) is 5.78. The quantitative estimate of drug-likeness (QED) is 0.355. The van der Waals surface area contributed by atoms with E-state index < -0.39 is 5.97 Å². The number of esters is 1. The van der Waals surface area contributed by atoms with E-state index in [0.29, 0.717) is 5.56 Å². The van der Waals surface area contributed by atoms with Crippen molar-refractivity contribution in [3.05, 3.63) is 41.2 Å². The van der Waals surface area contributed by atoms with Crippen molar-refractivity contribution >= 4 is 17.8 Å². The number of hydrogen-bond donors (Lipinski definition) is 0. The van der Waals surface area contributed by atoms with Gasteiger partial charge in [-0.2, -0.15) is 0 Å². The zero-order valence-corrected chi connectivity index (χ0v) is 10.7. The first kappa shape index (κ1) is 13.5. The van der Waals surface area contributed by atoms with E-state index in [2.05, 4.69) is 0 Å². The van der Waals surface area contributed by atoms with Gasteiger partial charge in [-0.05, 0) is 43.5 Å². The van der Waals surface area contributed by atoms with Gasteiger partial charge in [0.2, 0.25) is 0 Å². The van der Waals surface area contributed by atoms with E-state index in [1.54, 1.807) is 6.92 Å². The largest absolute Gasteiger partial charge is 0.462 e. The van der Waals surface area contributed by atoms with E-state index in [1.165, 1.54) is 30.3 Å². The SMILES string of the molecule is CCOC(=O)/C(=C\c1ccc(F)cc1)C(=O)C1CC1. The first-order valence-corrected chi connectivity index (χ1v) is 6.30. The molecule has 100 valence electrons. The molecule has 0 aromatic heterocycles. The molecule has 0 aliphatic heterocycles. The van der Waals surface area contributed by atoms with E-state index in [9.17, 15) is 14.0 Å². The van der Waals surface area contributed by atoms with Crippen molar-refractivity contribution in [1.82, 2.24) is 0 Å². The smallest absolute Gasteiger partial charge is 0.341 e. The van der Waals surface area contributed by atoms with Crippen molar-refractivity contribution in [3.63, 3.8) is 0 Å². The number of carbonyl (C=O) groups excluding carboxylic acids is 2. The minimum Gasteiger partial charge on any atom is -0.462 e. The normalized spacial score (nSPS) is 15.2. The molecule has 0 bridgehead atoms. The van der Waals surface area contributed by atoms with Crippen molar-refractivity contribution in [2.75, 3.05) is 6.61 Å². The molecule has 0 radical (unpaired) electrons. The molecule has 0 unspecified atom stereocenters. The van der Waals surface area contributed by atoms with E-state index in [0.717, 1.165) is 12.8 Å². The fourth-order valence-electron chi connectivity index (χ4n) is 1.73. The van der Waals surface area contributed by atoms with Crippen LogP contribution in [0.3, 0.4) is 0 Å². The standard InChI is InChI=1S/C15H15FO3/c1-2-19-15(18)13(14(17)11-5-6-11)9-10-3-7-12(16)8-4-10/h3-4,7-9,11H,2,5-6H2,1H3/b13-9-. The summed E-state index contributed by atoms with van der Waals surface area (Å²) in [6.07, 6.45) is 3.11. The maximum Gasteiger partial charge on any atom is 0.341 e. The van der Waals surface area contributed by atoms with Gasteiger partial charge in [0, 0.05) is 5.92 Å². The number of Topliss-reactive ketones (excluding diaryl/α,β-unsaturated/α-hetero) is 1. The zero-order chi connectivity index (χ0) is 13.8. The fraction of sp³-hybridized carbons (Fsp3) is 0.333. The summed E-state index contributed by atoms with van der Waals surface area (Å²) in [6.45, 7) is 1.91. The van der Waals surface area contributed by atoms with Crippen molar-refractivity contribution in [2.45, 2.75) is 19.8 Å². The van der Waals surface area contributed by atoms with Gasteiger partial charge in [-0.25, -0.2) is 9.18 Å². The monoisotopic (exact) mass is 262 g/mol. The van der Waals surface area contributed by atoms with Crippen LogP contribution in [0.2, 0.25) is 0 Å². The number of hydrogen-bond acceptors (Lipinski definition) is 3. The molecule has 0 atom stereocenters. The molecule has 0 amide bonds. The Kier molecular flexibility index (Phi) is 4.10. The summed E-state index contributed by atoms with van der Waals surface area (Å²) in [6, 6.07) is 5.62. The molecule has 0 spiro atoms.